The SMILES string of the molecule is Cc1cc(-n2nnc(C(=O)O)c2N)ccc1Br. The Hall–Kier alpha value is -1.89. The molecule has 1 aromatic carbocycles. The van der Waals surface area contributed by atoms with Gasteiger partial charge in [0.25, 0.3) is 0 Å². The second kappa shape index (κ2) is 4.17. The van der Waals surface area contributed by atoms with Crippen molar-refractivity contribution < 1.29 is 9.90 Å². The number of carboxylic acid groups (broad SMARTS) is 1. The minimum absolute atomic E-state index is 0.0132. The molecule has 7 heteroatoms. The van der Waals surface area contributed by atoms with E-state index in [0.29, 0.717) is 5.69 Å². The van der Waals surface area contributed by atoms with Gasteiger partial charge in [0.05, 0.1) is 5.69 Å². The molecule has 0 spiro atoms. The second-order valence-electron chi connectivity index (χ2n) is 3.47. The predicted octanol–water partition coefficient (Wildman–Crippen LogP) is 1.62. The number of aromatic nitrogens is 3. The van der Waals surface area contributed by atoms with Crippen LogP contribution in [-0.2, 0) is 0 Å². The van der Waals surface area contributed by atoms with E-state index in [1.165, 1.54) is 4.68 Å². The van der Waals surface area contributed by atoms with E-state index in [1.807, 2.05) is 19.1 Å². The number of hydrogen-bond acceptors (Lipinski definition) is 4. The fourth-order valence-electron chi connectivity index (χ4n) is 1.39. The van der Waals surface area contributed by atoms with Crippen molar-refractivity contribution in [2.24, 2.45) is 0 Å². The lowest BCUT2D eigenvalue weighted by Gasteiger charge is -2.05. The van der Waals surface area contributed by atoms with Crippen molar-refractivity contribution in [2.75, 3.05) is 5.73 Å². The molecule has 0 bridgehead atoms. The summed E-state index contributed by atoms with van der Waals surface area (Å²) in [6.45, 7) is 1.92. The predicted molar refractivity (Wildman–Crippen MR) is 65.2 cm³/mol. The smallest absolute Gasteiger partial charge is 0.360 e. The minimum Gasteiger partial charge on any atom is -0.476 e. The summed E-state index contributed by atoms with van der Waals surface area (Å²) in [5, 5.41) is 16.1. The van der Waals surface area contributed by atoms with Crippen LogP contribution in [0.1, 0.15) is 16.1 Å². The van der Waals surface area contributed by atoms with Gasteiger partial charge in [-0.25, -0.2) is 4.79 Å². The Labute approximate surface area is 105 Å². The monoisotopic (exact) mass is 296 g/mol. The summed E-state index contributed by atoms with van der Waals surface area (Å²) in [6.07, 6.45) is 0. The molecular formula is C10H9BrN4O2. The van der Waals surface area contributed by atoms with Crippen molar-refractivity contribution in [3.05, 3.63) is 33.9 Å². The normalized spacial score (nSPS) is 10.5. The summed E-state index contributed by atoms with van der Waals surface area (Å²) in [5.41, 5.74) is 7.09. The van der Waals surface area contributed by atoms with E-state index in [4.69, 9.17) is 10.8 Å². The average Bonchev–Trinajstić information content (AvgIpc) is 2.64. The van der Waals surface area contributed by atoms with E-state index in [9.17, 15) is 4.79 Å². The van der Waals surface area contributed by atoms with E-state index in [2.05, 4.69) is 26.2 Å². The lowest BCUT2D eigenvalue weighted by molar-refractivity contribution is 0.0691. The lowest BCUT2D eigenvalue weighted by atomic mass is 10.2. The summed E-state index contributed by atoms with van der Waals surface area (Å²) in [7, 11) is 0. The van der Waals surface area contributed by atoms with Crippen molar-refractivity contribution >= 4 is 27.7 Å². The van der Waals surface area contributed by atoms with E-state index in [1.54, 1.807) is 6.07 Å². The zero-order valence-electron chi connectivity index (χ0n) is 8.88. The van der Waals surface area contributed by atoms with Gasteiger partial charge < -0.3 is 10.8 Å². The molecule has 0 aliphatic carbocycles. The molecule has 0 unspecified atom stereocenters. The molecule has 88 valence electrons. The van der Waals surface area contributed by atoms with Gasteiger partial charge in [-0.15, -0.1) is 5.10 Å². The maximum absolute atomic E-state index is 10.8. The molecule has 0 atom stereocenters. The standard InChI is InChI=1S/C10H9BrN4O2/c1-5-4-6(2-3-7(5)11)15-9(12)8(10(16)17)13-14-15/h2-4H,12H2,1H3,(H,16,17). The first-order chi connectivity index (χ1) is 8.00. The number of nitrogens with two attached hydrogens (primary N) is 1. The molecule has 17 heavy (non-hydrogen) atoms. The number of nitrogen functional groups attached to an aromatic ring is 1. The molecule has 0 saturated heterocycles. The van der Waals surface area contributed by atoms with Gasteiger partial charge >= 0.3 is 5.97 Å². The van der Waals surface area contributed by atoms with Crippen LogP contribution in [0.15, 0.2) is 22.7 Å². The summed E-state index contributed by atoms with van der Waals surface area (Å²) < 4.78 is 2.25. The quantitative estimate of drug-likeness (QED) is 0.878. The zero-order valence-corrected chi connectivity index (χ0v) is 10.5. The Morgan fingerprint density at radius 3 is 2.76 bits per heavy atom. The molecule has 0 aliphatic rings. The molecular weight excluding hydrogens is 288 g/mol. The first-order valence-electron chi connectivity index (χ1n) is 4.71. The number of carbonyl (C=O) groups is 1. The Kier molecular flexibility index (Phi) is 2.84. The van der Waals surface area contributed by atoms with Crippen LogP contribution in [0.25, 0.3) is 5.69 Å². The number of rotatable bonds is 2. The van der Waals surface area contributed by atoms with Crippen LogP contribution in [0.4, 0.5) is 5.82 Å². The summed E-state index contributed by atoms with van der Waals surface area (Å²) >= 11 is 3.38. The first kappa shape index (κ1) is 11.6. The number of carboxylic acids is 1. The van der Waals surface area contributed by atoms with Gasteiger partial charge in [0.1, 0.15) is 0 Å². The molecule has 0 fully saturated rings. The van der Waals surface area contributed by atoms with Gasteiger partial charge in [-0.2, -0.15) is 4.68 Å². The Morgan fingerprint density at radius 1 is 1.53 bits per heavy atom. The molecule has 0 amide bonds. The van der Waals surface area contributed by atoms with Crippen LogP contribution in [-0.4, -0.2) is 26.1 Å². The van der Waals surface area contributed by atoms with Crippen LogP contribution in [0.5, 0.6) is 0 Å². The van der Waals surface area contributed by atoms with Crippen LogP contribution < -0.4 is 5.73 Å². The highest BCUT2D eigenvalue weighted by atomic mass is 79.9. The Balaban J connectivity index is 2.53. The van der Waals surface area contributed by atoms with Gasteiger partial charge in [0.2, 0.25) is 5.69 Å². The third kappa shape index (κ3) is 2.01. The van der Waals surface area contributed by atoms with E-state index in [0.717, 1.165) is 10.0 Å². The van der Waals surface area contributed by atoms with Crippen molar-refractivity contribution in [3.8, 4) is 5.69 Å². The molecule has 1 heterocycles. The van der Waals surface area contributed by atoms with Gasteiger partial charge in [0.15, 0.2) is 5.82 Å². The van der Waals surface area contributed by atoms with Crippen molar-refractivity contribution in [1.29, 1.82) is 0 Å². The van der Waals surface area contributed by atoms with Gasteiger partial charge in [-0.3, -0.25) is 0 Å². The van der Waals surface area contributed by atoms with Crippen LogP contribution in [0.3, 0.4) is 0 Å². The van der Waals surface area contributed by atoms with E-state index >= 15 is 0 Å². The highest BCUT2D eigenvalue weighted by Gasteiger charge is 2.17. The highest BCUT2D eigenvalue weighted by molar-refractivity contribution is 9.10. The molecule has 2 aromatic rings. The summed E-state index contributed by atoms with van der Waals surface area (Å²) in [5.74, 6) is -1.18. The van der Waals surface area contributed by atoms with Crippen LogP contribution in [0.2, 0.25) is 0 Å². The lowest BCUT2D eigenvalue weighted by Crippen LogP contribution is -2.06. The summed E-state index contributed by atoms with van der Waals surface area (Å²) in [6, 6.07) is 5.45. The van der Waals surface area contributed by atoms with E-state index < -0.39 is 5.97 Å². The molecule has 2 rings (SSSR count). The third-order valence-corrected chi connectivity index (χ3v) is 3.18. The molecule has 0 radical (unpaired) electrons. The maximum Gasteiger partial charge on any atom is 0.360 e. The fraction of sp³-hybridized carbons (Fsp3) is 0.100. The number of nitrogens with zero attached hydrogens (tertiary/aromatic N) is 3. The number of benzene rings is 1. The van der Waals surface area contributed by atoms with E-state index in [-0.39, 0.29) is 11.5 Å². The molecule has 6 nitrogen and oxygen atoms in total. The maximum atomic E-state index is 10.8. The highest BCUT2D eigenvalue weighted by Crippen LogP contribution is 2.21. The molecule has 0 saturated carbocycles. The van der Waals surface area contributed by atoms with Gasteiger partial charge in [-0.05, 0) is 30.7 Å². The number of hydrogen-bond donors (Lipinski definition) is 2. The third-order valence-electron chi connectivity index (χ3n) is 2.29. The van der Waals surface area contributed by atoms with Crippen molar-refractivity contribution in [3.63, 3.8) is 0 Å². The Bertz CT molecular complexity index is 594. The Morgan fingerprint density at radius 2 is 2.24 bits per heavy atom. The van der Waals surface area contributed by atoms with Crippen molar-refractivity contribution in [1.82, 2.24) is 15.0 Å². The first-order valence-corrected chi connectivity index (χ1v) is 5.51. The number of aromatic carboxylic acids is 1. The fourth-order valence-corrected chi connectivity index (χ4v) is 1.64. The average molecular weight is 297 g/mol. The largest absolute Gasteiger partial charge is 0.476 e. The zero-order chi connectivity index (χ0) is 12.6. The van der Waals surface area contributed by atoms with Gasteiger partial charge in [0, 0.05) is 4.47 Å². The number of anilines is 1. The summed E-state index contributed by atoms with van der Waals surface area (Å²) in [4.78, 5) is 10.8. The number of aryl methyl sites for hydroxylation is 1. The molecule has 1 aromatic heterocycles. The minimum atomic E-state index is -1.19. The molecule has 3 N–H and O–H groups in total. The van der Waals surface area contributed by atoms with Crippen molar-refractivity contribution in [2.45, 2.75) is 6.92 Å². The van der Waals surface area contributed by atoms with Gasteiger partial charge in [-0.1, -0.05) is 21.1 Å². The molecule has 0 aliphatic heterocycles. The van der Waals surface area contributed by atoms with Crippen LogP contribution >= 0.6 is 15.9 Å². The van der Waals surface area contributed by atoms with Crippen LogP contribution in [0, 0.1) is 6.92 Å². The second-order valence-corrected chi connectivity index (χ2v) is 4.33. The number of halogens is 1. The topological polar surface area (TPSA) is 94.0 Å².